The summed E-state index contributed by atoms with van der Waals surface area (Å²) in [6, 6.07) is 8.53. The van der Waals surface area contributed by atoms with Crippen LogP contribution in [0.25, 0.3) is 16.6 Å². The fourth-order valence-electron chi connectivity index (χ4n) is 2.04. The average molecular weight is 242 g/mol. The molecular formula is C13H10N2O3. The van der Waals surface area contributed by atoms with E-state index in [0.717, 1.165) is 5.52 Å². The van der Waals surface area contributed by atoms with Crippen molar-refractivity contribution in [3.63, 3.8) is 0 Å². The summed E-state index contributed by atoms with van der Waals surface area (Å²) in [4.78, 5) is 26.0. The first kappa shape index (κ1) is 10.6. The van der Waals surface area contributed by atoms with E-state index in [9.17, 15) is 9.59 Å². The summed E-state index contributed by atoms with van der Waals surface area (Å²) >= 11 is 0. The van der Waals surface area contributed by atoms with Gasteiger partial charge in [-0.05, 0) is 30.3 Å². The van der Waals surface area contributed by atoms with Gasteiger partial charge in [-0.1, -0.05) is 0 Å². The molecule has 0 aliphatic heterocycles. The van der Waals surface area contributed by atoms with Crippen molar-refractivity contribution in [2.24, 2.45) is 0 Å². The van der Waals surface area contributed by atoms with E-state index in [1.54, 1.807) is 40.9 Å². The molecule has 0 amide bonds. The molecule has 0 atom stereocenters. The van der Waals surface area contributed by atoms with Gasteiger partial charge in [-0.2, -0.15) is 0 Å². The number of carbonyl (C=O) groups is 1. The highest BCUT2D eigenvalue weighted by molar-refractivity contribution is 5.94. The fraction of sp³-hybridized carbons (Fsp3) is 0.0769. The van der Waals surface area contributed by atoms with Crippen molar-refractivity contribution >= 4 is 22.5 Å². The van der Waals surface area contributed by atoms with Gasteiger partial charge in [0.25, 0.3) is 5.56 Å². The Hall–Kier alpha value is -2.56. The quantitative estimate of drug-likeness (QED) is 0.659. The van der Waals surface area contributed by atoms with Gasteiger partial charge in [-0.3, -0.25) is 4.79 Å². The Balaban J connectivity index is 2.42. The van der Waals surface area contributed by atoms with Crippen LogP contribution >= 0.6 is 0 Å². The smallest absolute Gasteiger partial charge is 0.337 e. The van der Waals surface area contributed by atoms with Gasteiger partial charge in [-0.15, -0.1) is 0 Å². The zero-order valence-electron chi connectivity index (χ0n) is 9.64. The highest BCUT2D eigenvalue weighted by atomic mass is 16.5. The number of rotatable bonds is 1. The molecule has 3 rings (SSSR count). The van der Waals surface area contributed by atoms with Crippen LogP contribution in [-0.4, -0.2) is 22.5 Å². The number of aromatic amines is 1. The van der Waals surface area contributed by atoms with Gasteiger partial charge in [0.15, 0.2) is 0 Å². The SMILES string of the molecule is COC(=O)c1ccc2[nH]c(=O)c3cccn3c2c1. The van der Waals surface area contributed by atoms with Crippen molar-refractivity contribution < 1.29 is 9.53 Å². The van der Waals surface area contributed by atoms with Crippen LogP contribution in [-0.2, 0) is 4.74 Å². The van der Waals surface area contributed by atoms with Crippen LogP contribution in [0.15, 0.2) is 41.3 Å². The van der Waals surface area contributed by atoms with Crippen molar-refractivity contribution in [2.75, 3.05) is 7.11 Å². The highest BCUT2D eigenvalue weighted by Gasteiger charge is 2.09. The summed E-state index contributed by atoms with van der Waals surface area (Å²) < 4.78 is 6.43. The number of benzene rings is 1. The number of nitrogens with zero attached hydrogens (tertiary/aromatic N) is 1. The Labute approximate surface area is 102 Å². The lowest BCUT2D eigenvalue weighted by Crippen LogP contribution is -2.10. The summed E-state index contributed by atoms with van der Waals surface area (Å²) in [5.41, 5.74) is 2.28. The molecule has 2 heterocycles. The normalized spacial score (nSPS) is 10.9. The van der Waals surface area contributed by atoms with E-state index < -0.39 is 5.97 Å². The van der Waals surface area contributed by atoms with Gasteiger partial charge < -0.3 is 14.1 Å². The highest BCUT2D eigenvalue weighted by Crippen LogP contribution is 2.15. The third-order valence-electron chi connectivity index (χ3n) is 2.91. The first-order valence-electron chi connectivity index (χ1n) is 5.42. The maximum Gasteiger partial charge on any atom is 0.337 e. The first-order valence-corrected chi connectivity index (χ1v) is 5.42. The molecule has 0 bridgehead atoms. The minimum atomic E-state index is -0.400. The standard InChI is InChI=1S/C13H10N2O3/c1-18-13(17)8-4-5-9-11(7-8)15-6-2-3-10(15)12(16)14-9/h2-7H,1H3,(H,14,16). The van der Waals surface area contributed by atoms with Gasteiger partial charge >= 0.3 is 5.97 Å². The van der Waals surface area contributed by atoms with E-state index >= 15 is 0 Å². The van der Waals surface area contributed by atoms with Gasteiger partial charge in [0.05, 0.1) is 23.7 Å². The number of ether oxygens (including phenoxy) is 1. The molecule has 0 radical (unpaired) electrons. The monoisotopic (exact) mass is 242 g/mol. The minimum Gasteiger partial charge on any atom is -0.465 e. The van der Waals surface area contributed by atoms with E-state index in [-0.39, 0.29) is 5.56 Å². The van der Waals surface area contributed by atoms with Crippen molar-refractivity contribution in [1.29, 1.82) is 0 Å². The number of hydrogen-bond donors (Lipinski definition) is 1. The number of esters is 1. The lowest BCUT2D eigenvalue weighted by molar-refractivity contribution is 0.0601. The number of carbonyl (C=O) groups excluding carboxylic acids is 1. The Kier molecular flexibility index (Phi) is 2.19. The van der Waals surface area contributed by atoms with E-state index in [1.807, 2.05) is 0 Å². The second-order valence-electron chi connectivity index (χ2n) is 3.94. The second kappa shape index (κ2) is 3.73. The summed E-state index contributed by atoms with van der Waals surface area (Å²) in [6.07, 6.45) is 1.79. The van der Waals surface area contributed by atoms with Crippen LogP contribution in [0.1, 0.15) is 10.4 Å². The van der Waals surface area contributed by atoms with Crippen LogP contribution in [0.2, 0.25) is 0 Å². The number of methoxy groups -OCH3 is 1. The molecule has 0 fully saturated rings. The van der Waals surface area contributed by atoms with Crippen LogP contribution in [0, 0.1) is 0 Å². The van der Waals surface area contributed by atoms with Gasteiger partial charge in [0.2, 0.25) is 0 Å². The second-order valence-corrected chi connectivity index (χ2v) is 3.94. The molecule has 1 N–H and O–H groups in total. The molecule has 3 aromatic rings. The topological polar surface area (TPSA) is 63.6 Å². The zero-order valence-corrected chi connectivity index (χ0v) is 9.64. The van der Waals surface area contributed by atoms with E-state index in [0.29, 0.717) is 16.6 Å². The van der Waals surface area contributed by atoms with Gasteiger partial charge in [-0.25, -0.2) is 4.79 Å². The molecule has 5 heteroatoms. The number of nitrogens with one attached hydrogen (secondary N) is 1. The Bertz CT molecular complexity index is 814. The third kappa shape index (κ3) is 1.41. The molecular weight excluding hydrogens is 232 g/mol. The van der Waals surface area contributed by atoms with Crippen molar-refractivity contribution in [3.05, 3.63) is 52.4 Å². The molecule has 0 spiro atoms. The molecule has 90 valence electrons. The molecule has 0 saturated carbocycles. The molecule has 0 aliphatic carbocycles. The fourth-order valence-corrected chi connectivity index (χ4v) is 2.04. The van der Waals surface area contributed by atoms with Crippen LogP contribution in [0.3, 0.4) is 0 Å². The molecule has 5 nitrogen and oxygen atoms in total. The van der Waals surface area contributed by atoms with Crippen LogP contribution < -0.4 is 5.56 Å². The largest absolute Gasteiger partial charge is 0.465 e. The molecule has 0 saturated heterocycles. The summed E-state index contributed by atoms with van der Waals surface area (Å²) in [7, 11) is 1.34. The van der Waals surface area contributed by atoms with E-state index in [2.05, 4.69) is 9.72 Å². The number of hydrogen-bond acceptors (Lipinski definition) is 3. The minimum absolute atomic E-state index is 0.154. The van der Waals surface area contributed by atoms with E-state index in [1.165, 1.54) is 7.11 Å². The van der Waals surface area contributed by atoms with Crippen molar-refractivity contribution in [1.82, 2.24) is 9.38 Å². The van der Waals surface area contributed by atoms with Crippen molar-refractivity contribution in [2.45, 2.75) is 0 Å². The summed E-state index contributed by atoms with van der Waals surface area (Å²) in [5, 5.41) is 0. The Morgan fingerprint density at radius 2 is 2.11 bits per heavy atom. The average Bonchev–Trinajstić information content (AvgIpc) is 2.88. The maximum absolute atomic E-state index is 11.8. The lowest BCUT2D eigenvalue weighted by Gasteiger charge is -2.05. The third-order valence-corrected chi connectivity index (χ3v) is 2.91. The molecule has 2 aromatic heterocycles. The first-order chi connectivity index (χ1) is 8.70. The predicted molar refractivity (Wildman–Crippen MR) is 66.9 cm³/mol. The lowest BCUT2D eigenvalue weighted by atomic mass is 10.2. The van der Waals surface area contributed by atoms with Crippen LogP contribution in [0.4, 0.5) is 0 Å². The molecule has 0 aliphatic rings. The number of H-pyrrole nitrogens is 1. The van der Waals surface area contributed by atoms with E-state index in [4.69, 9.17) is 0 Å². The van der Waals surface area contributed by atoms with Gasteiger partial charge in [0, 0.05) is 6.20 Å². The summed E-state index contributed by atoms with van der Waals surface area (Å²) in [5.74, 6) is -0.400. The summed E-state index contributed by atoms with van der Waals surface area (Å²) in [6.45, 7) is 0. The van der Waals surface area contributed by atoms with Crippen LogP contribution in [0.5, 0.6) is 0 Å². The van der Waals surface area contributed by atoms with Gasteiger partial charge in [0.1, 0.15) is 5.52 Å². The zero-order chi connectivity index (χ0) is 12.7. The molecule has 0 unspecified atom stereocenters. The molecule has 1 aromatic carbocycles. The van der Waals surface area contributed by atoms with Crippen molar-refractivity contribution in [3.8, 4) is 0 Å². The number of fused-ring (bicyclic) bond motifs is 3. The maximum atomic E-state index is 11.8. The Morgan fingerprint density at radius 1 is 1.28 bits per heavy atom. The predicted octanol–water partition coefficient (Wildman–Crippen LogP) is 1.57. The molecule has 18 heavy (non-hydrogen) atoms. The Morgan fingerprint density at radius 3 is 2.89 bits per heavy atom. The number of aromatic nitrogens is 2.